The minimum Gasteiger partial charge on any atom is -0.507 e. The van der Waals surface area contributed by atoms with E-state index in [1.807, 2.05) is 0 Å². The van der Waals surface area contributed by atoms with E-state index in [1.54, 1.807) is 24.3 Å². The summed E-state index contributed by atoms with van der Waals surface area (Å²) < 4.78 is 5.55. The first-order chi connectivity index (χ1) is 9.52. The number of rotatable bonds is 3. The lowest BCUT2D eigenvalue weighted by Gasteiger charge is -2.10. The molecule has 0 fully saturated rings. The molecule has 6 heteroatoms. The lowest BCUT2D eigenvalue weighted by Crippen LogP contribution is -2.12. The van der Waals surface area contributed by atoms with Gasteiger partial charge in [-0.2, -0.15) is 0 Å². The van der Waals surface area contributed by atoms with Crippen LogP contribution in [-0.2, 0) is 0 Å². The molecule has 0 aromatic heterocycles. The molecule has 0 saturated heterocycles. The van der Waals surface area contributed by atoms with Gasteiger partial charge in [-0.1, -0.05) is 17.7 Å². The Hall–Kier alpha value is -1.72. The fourth-order valence-corrected chi connectivity index (χ4v) is 2.16. The minimum absolute atomic E-state index is 0.151. The summed E-state index contributed by atoms with van der Waals surface area (Å²) in [5, 5.41) is 13.0. The average Bonchev–Trinajstić information content (AvgIpc) is 2.43. The van der Waals surface area contributed by atoms with Gasteiger partial charge in [-0.25, -0.2) is 0 Å². The summed E-state index contributed by atoms with van der Waals surface area (Å²) in [6, 6.07) is 9.59. The highest BCUT2D eigenvalue weighted by atomic mass is 79.9. The van der Waals surface area contributed by atoms with E-state index in [0.717, 1.165) is 0 Å². The third-order valence-corrected chi connectivity index (χ3v) is 4.05. The molecule has 0 bridgehead atoms. The number of carbonyl (C=O) groups is 1. The SMILES string of the molecule is COc1ccc(C(=O)Nc2cccc(Cl)c2Br)c(O)c1. The third-order valence-electron chi connectivity index (χ3n) is 2.65. The van der Waals surface area contributed by atoms with Crippen LogP contribution >= 0.6 is 27.5 Å². The molecule has 4 nitrogen and oxygen atoms in total. The fourth-order valence-electron chi connectivity index (χ4n) is 1.62. The topological polar surface area (TPSA) is 58.6 Å². The highest BCUT2D eigenvalue weighted by Crippen LogP contribution is 2.31. The number of aromatic hydroxyl groups is 1. The van der Waals surface area contributed by atoms with Crippen molar-refractivity contribution in [3.05, 3.63) is 51.5 Å². The molecule has 104 valence electrons. The van der Waals surface area contributed by atoms with Gasteiger partial charge in [-0.15, -0.1) is 0 Å². The number of phenolic OH excluding ortho intramolecular Hbond substituents is 1. The lowest BCUT2D eigenvalue weighted by atomic mass is 10.1. The molecule has 0 unspecified atom stereocenters. The number of anilines is 1. The summed E-state index contributed by atoms with van der Waals surface area (Å²) in [5.74, 6) is -0.115. The van der Waals surface area contributed by atoms with Crippen LogP contribution in [0.25, 0.3) is 0 Å². The van der Waals surface area contributed by atoms with E-state index >= 15 is 0 Å². The quantitative estimate of drug-likeness (QED) is 0.871. The molecule has 2 rings (SSSR count). The summed E-state index contributed by atoms with van der Waals surface area (Å²) in [7, 11) is 1.48. The molecule has 2 aromatic carbocycles. The van der Waals surface area contributed by atoms with Crippen LogP contribution in [0.2, 0.25) is 5.02 Å². The zero-order chi connectivity index (χ0) is 14.7. The monoisotopic (exact) mass is 355 g/mol. The van der Waals surface area contributed by atoms with Gasteiger partial charge in [0.2, 0.25) is 0 Å². The second-order valence-corrected chi connectivity index (χ2v) is 5.14. The molecule has 0 saturated carbocycles. The molecule has 1 amide bonds. The number of benzene rings is 2. The van der Waals surface area contributed by atoms with Gasteiger partial charge in [-0.05, 0) is 40.2 Å². The van der Waals surface area contributed by atoms with Gasteiger partial charge in [0, 0.05) is 6.07 Å². The van der Waals surface area contributed by atoms with Gasteiger partial charge in [0.25, 0.3) is 5.91 Å². The van der Waals surface area contributed by atoms with E-state index in [4.69, 9.17) is 16.3 Å². The predicted octanol–water partition coefficient (Wildman–Crippen LogP) is 4.07. The Labute approximate surface area is 129 Å². The molecule has 2 N–H and O–H groups in total. The lowest BCUT2D eigenvalue weighted by molar-refractivity contribution is 0.102. The second-order valence-electron chi connectivity index (χ2n) is 3.94. The molecular weight excluding hydrogens is 346 g/mol. The summed E-state index contributed by atoms with van der Waals surface area (Å²) in [6.07, 6.45) is 0. The summed E-state index contributed by atoms with van der Waals surface area (Å²) >= 11 is 9.24. The summed E-state index contributed by atoms with van der Waals surface area (Å²) in [4.78, 5) is 12.1. The standard InChI is InChI=1S/C14H11BrClNO3/c1-20-8-5-6-9(12(18)7-8)14(19)17-11-4-2-3-10(16)13(11)15/h2-7,18H,1H3,(H,17,19). The molecule has 2 aromatic rings. The number of phenols is 1. The maximum absolute atomic E-state index is 12.1. The van der Waals surface area contributed by atoms with E-state index in [9.17, 15) is 9.90 Å². The number of amides is 1. The van der Waals surface area contributed by atoms with Crippen molar-refractivity contribution >= 4 is 39.1 Å². The second kappa shape index (κ2) is 6.15. The van der Waals surface area contributed by atoms with Crippen LogP contribution in [0.15, 0.2) is 40.9 Å². The van der Waals surface area contributed by atoms with Crippen molar-refractivity contribution in [3.8, 4) is 11.5 Å². The highest BCUT2D eigenvalue weighted by Gasteiger charge is 2.14. The van der Waals surface area contributed by atoms with Gasteiger partial charge >= 0.3 is 0 Å². The van der Waals surface area contributed by atoms with Crippen LogP contribution in [0.4, 0.5) is 5.69 Å². The fraction of sp³-hybridized carbons (Fsp3) is 0.0714. The molecule has 0 spiro atoms. The summed E-state index contributed by atoms with van der Waals surface area (Å²) in [6.45, 7) is 0. The van der Waals surface area contributed by atoms with Crippen LogP contribution in [0.1, 0.15) is 10.4 Å². The van der Waals surface area contributed by atoms with Crippen LogP contribution in [0, 0.1) is 0 Å². The third kappa shape index (κ3) is 3.05. The Morgan fingerprint density at radius 2 is 2.10 bits per heavy atom. The molecule has 0 atom stereocenters. The average molecular weight is 357 g/mol. The van der Waals surface area contributed by atoms with E-state index in [2.05, 4.69) is 21.2 Å². The van der Waals surface area contributed by atoms with Crippen LogP contribution in [-0.4, -0.2) is 18.1 Å². The van der Waals surface area contributed by atoms with Crippen molar-refractivity contribution in [1.82, 2.24) is 0 Å². The van der Waals surface area contributed by atoms with Crippen molar-refractivity contribution in [2.45, 2.75) is 0 Å². The largest absolute Gasteiger partial charge is 0.507 e. The molecule has 0 aliphatic rings. The zero-order valence-electron chi connectivity index (χ0n) is 10.5. The molecule has 20 heavy (non-hydrogen) atoms. The van der Waals surface area contributed by atoms with Gasteiger partial charge in [-0.3, -0.25) is 4.79 Å². The Bertz CT molecular complexity index is 661. The summed E-state index contributed by atoms with van der Waals surface area (Å²) in [5.41, 5.74) is 0.676. The van der Waals surface area contributed by atoms with Gasteiger partial charge in [0.1, 0.15) is 11.5 Å². The number of nitrogens with one attached hydrogen (secondary N) is 1. The smallest absolute Gasteiger partial charge is 0.259 e. The van der Waals surface area contributed by atoms with Gasteiger partial charge in [0.15, 0.2) is 0 Å². The van der Waals surface area contributed by atoms with Crippen LogP contribution in [0.5, 0.6) is 11.5 Å². The molecule has 0 radical (unpaired) electrons. The minimum atomic E-state index is -0.437. The Morgan fingerprint density at radius 1 is 1.35 bits per heavy atom. The van der Waals surface area contributed by atoms with Crippen LogP contribution < -0.4 is 10.1 Å². The van der Waals surface area contributed by atoms with Crippen molar-refractivity contribution in [2.24, 2.45) is 0 Å². The van der Waals surface area contributed by atoms with E-state index in [0.29, 0.717) is 20.9 Å². The van der Waals surface area contributed by atoms with Gasteiger partial charge < -0.3 is 15.2 Å². The number of hydrogen-bond donors (Lipinski definition) is 2. The first-order valence-electron chi connectivity index (χ1n) is 5.65. The molecule has 0 aliphatic heterocycles. The van der Waals surface area contributed by atoms with E-state index in [-0.39, 0.29) is 11.3 Å². The number of halogens is 2. The molecule has 0 heterocycles. The van der Waals surface area contributed by atoms with Crippen molar-refractivity contribution in [3.63, 3.8) is 0 Å². The Morgan fingerprint density at radius 3 is 2.75 bits per heavy atom. The predicted molar refractivity (Wildman–Crippen MR) is 81.8 cm³/mol. The number of carbonyl (C=O) groups excluding carboxylic acids is 1. The van der Waals surface area contributed by atoms with E-state index in [1.165, 1.54) is 19.2 Å². The Balaban J connectivity index is 2.26. The first kappa shape index (κ1) is 14.7. The number of ether oxygens (including phenoxy) is 1. The highest BCUT2D eigenvalue weighted by molar-refractivity contribution is 9.10. The maximum atomic E-state index is 12.1. The van der Waals surface area contributed by atoms with Crippen molar-refractivity contribution in [2.75, 3.05) is 12.4 Å². The van der Waals surface area contributed by atoms with Gasteiger partial charge in [0.05, 0.1) is 27.9 Å². The molecule has 0 aliphatic carbocycles. The van der Waals surface area contributed by atoms with Crippen LogP contribution in [0.3, 0.4) is 0 Å². The number of methoxy groups -OCH3 is 1. The van der Waals surface area contributed by atoms with E-state index < -0.39 is 5.91 Å². The molecular formula is C14H11BrClNO3. The maximum Gasteiger partial charge on any atom is 0.259 e. The normalized spacial score (nSPS) is 10.2. The zero-order valence-corrected chi connectivity index (χ0v) is 12.8. The Kier molecular flexibility index (Phi) is 4.52. The van der Waals surface area contributed by atoms with Crippen molar-refractivity contribution < 1.29 is 14.6 Å². The van der Waals surface area contributed by atoms with Crippen molar-refractivity contribution in [1.29, 1.82) is 0 Å². The first-order valence-corrected chi connectivity index (χ1v) is 6.82. The number of hydrogen-bond acceptors (Lipinski definition) is 3.